The summed E-state index contributed by atoms with van der Waals surface area (Å²) >= 11 is 0. The van der Waals surface area contributed by atoms with Crippen molar-refractivity contribution in [3.8, 4) is 0 Å². The van der Waals surface area contributed by atoms with Crippen LogP contribution in [0.2, 0.25) is 0 Å². The van der Waals surface area contributed by atoms with Gasteiger partial charge in [0.1, 0.15) is 5.76 Å². The Balaban J connectivity index is 1.47. The molecule has 1 aliphatic rings. The summed E-state index contributed by atoms with van der Waals surface area (Å²) in [5.74, 6) is 2.43. The Labute approximate surface area is 151 Å². The number of fused-ring (bicyclic) bond motifs is 1. The number of nitrogens with one attached hydrogen (secondary N) is 1. The van der Waals surface area contributed by atoms with E-state index in [1.807, 2.05) is 38.1 Å². The van der Waals surface area contributed by atoms with Gasteiger partial charge in [-0.1, -0.05) is 23.7 Å². The minimum atomic E-state index is -0.218. The number of benzene rings is 1. The molecule has 2 amide bonds. The van der Waals surface area contributed by atoms with E-state index in [0.717, 1.165) is 24.0 Å². The van der Waals surface area contributed by atoms with Crippen molar-refractivity contribution in [2.75, 3.05) is 11.9 Å². The lowest BCUT2D eigenvalue weighted by Gasteiger charge is -2.21. The molecule has 7 heteroatoms. The summed E-state index contributed by atoms with van der Waals surface area (Å²) in [6.07, 6.45) is 3.42. The molecule has 3 aromatic rings. The number of anilines is 1. The van der Waals surface area contributed by atoms with Crippen LogP contribution in [-0.4, -0.2) is 27.6 Å². The molecule has 0 unspecified atom stereocenters. The lowest BCUT2D eigenvalue weighted by molar-refractivity contribution is 0.210. The minimum Gasteiger partial charge on any atom is -0.459 e. The van der Waals surface area contributed by atoms with Crippen molar-refractivity contribution in [2.45, 2.75) is 45.6 Å². The van der Waals surface area contributed by atoms with E-state index < -0.39 is 0 Å². The molecule has 1 aliphatic carbocycles. The summed E-state index contributed by atoms with van der Waals surface area (Å²) < 4.78 is 11.0. The van der Waals surface area contributed by atoms with Gasteiger partial charge in [-0.05, 0) is 38.8 Å². The van der Waals surface area contributed by atoms with Crippen LogP contribution in [-0.2, 0) is 6.54 Å². The van der Waals surface area contributed by atoms with Gasteiger partial charge in [0.05, 0.1) is 12.2 Å². The van der Waals surface area contributed by atoms with Crippen molar-refractivity contribution in [3.05, 3.63) is 41.7 Å². The van der Waals surface area contributed by atoms with Gasteiger partial charge in [0, 0.05) is 17.8 Å². The molecule has 1 N–H and O–H groups in total. The van der Waals surface area contributed by atoms with Gasteiger partial charge in [-0.15, -0.1) is 0 Å². The number of furan rings is 1. The molecule has 0 spiro atoms. The summed E-state index contributed by atoms with van der Waals surface area (Å²) in [5.41, 5.74) is 1.34. The molecule has 0 radical (unpaired) electrons. The number of rotatable bonds is 5. The minimum absolute atomic E-state index is 0.218. The molecule has 2 aromatic heterocycles. The van der Waals surface area contributed by atoms with Gasteiger partial charge in [0.25, 0.3) is 0 Å². The van der Waals surface area contributed by atoms with Crippen LogP contribution in [0, 0.1) is 6.92 Å². The van der Waals surface area contributed by atoms with Crippen molar-refractivity contribution in [1.29, 1.82) is 0 Å². The maximum Gasteiger partial charge on any atom is 0.322 e. The molecule has 26 heavy (non-hydrogen) atoms. The Hall–Kier alpha value is -2.83. The molecular formula is C19H22N4O3. The van der Waals surface area contributed by atoms with E-state index in [0.29, 0.717) is 42.0 Å². The van der Waals surface area contributed by atoms with Crippen LogP contribution in [0.1, 0.15) is 49.6 Å². The van der Waals surface area contributed by atoms with Gasteiger partial charge in [-0.25, -0.2) is 4.79 Å². The molecule has 136 valence electrons. The highest BCUT2D eigenvalue weighted by atomic mass is 16.5. The van der Waals surface area contributed by atoms with Crippen molar-refractivity contribution in [3.63, 3.8) is 0 Å². The Bertz CT molecular complexity index is 926. The number of amides is 2. The molecule has 0 atom stereocenters. The molecule has 0 bridgehead atoms. The monoisotopic (exact) mass is 354 g/mol. The lowest BCUT2D eigenvalue weighted by Crippen LogP contribution is -2.34. The van der Waals surface area contributed by atoms with E-state index in [9.17, 15) is 4.79 Å². The average molecular weight is 354 g/mol. The van der Waals surface area contributed by atoms with Crippen LogP contribution < -0.4 is 5.32 Å². The molecule has 0 aliphatic heterocycles. The van der Waals surface area contributed by atoms with Crippen LogP contribution in [0.15, 0.2) is 33.2 Å². The van der Waals surface area contributed by atoms with Gasteiger partial charge in [-0.3, -0.25) is 0 Å². The number of nitrogens with zero attached hydrogens (tertiary/aromatic N) is 3. The third-order valence-corrected chi connectivity index (χ3v) is 4.85. The standard InChI is InChI=1S/C19H22N4O3/c1-3-23(11-16-21-18(26-22-16)13-6-4-7-13)19(24)20-15-9-5-8-14-10-12(2)25-17(14)15/h5,8-10,13H,3-4,6-7,11H2,1-2H3,(H,20,24). The highest BCUT2D eigenvalue weighted by Crippen LogP contribution is 2.35. The zero-order valence-corrected chi connectivity index (χ0v) is 15.0. The number of urea groups is 1. The summed E-state index contributed by atoms with van der Waals surface area (Å²) in [6, 6.07) is 7.42. The molecule has 2 heterocycles. The Morgan fingerprint density at radius 2 is 2.23 bits per heavy atom. The Kier molecular flexibility index (Phi) is 4.36. The van der Waals surface area contributed by atoms with E-state index >= 15 is 0 Å². The maximum atomic E-state index is 12.7. The number of carbonyl (C=O) groups excluding carboxylic acids is 1. The number of aromatic nitrogens is 2. The van der Waals surface area contributed by atoms with Crippen molar-refractivity contribution >= 4 is 22.7 Å². The number of carbonyl (C=O) groups is 1. The first-order valence-electron chi connectivity index (χ1n) is 9.01. The molecule has 4 rings (SSSR count). The number of hydrogen-bond donors (Lipinski definition) is 1. The topological polar surface area (TPSA) is 84.4 Å². The summed E-state index contributed by atoms with van der Waals surface area (Å²) in [6.45, 7) is 4.65. The first-order valence-corrected chi connectivity index (χ1v) is 9.01. The highest BCUT2D eigenvalue weighted by molar-refractivity contribution is 5.99. The van der Waals surface area contributed by atoms with Gasteiger partial charge < -0.3 is 19.2 Å². The summed E-state index contributed by atoms with van der Waals surface area (Å²) in [5, 5.41) is 7.92. The summed E-state index contributed by atoms with van der Waals surface area (Å²) in [4.78, 5) is 18.8. The largest absolute Gasteiger partial charge is 0.459 e. The van der Waals surface area contributed by atoms with Crippen molar-refractivity contribution in [2.24, 2.45) is 0 Å². The second-order valence-electron chi connectivity index (χ2n) is 6.70. The van der Waals surface area contributed by atoms with Gasteiger partial charge in [-0.2, -0.15) is 4.98 Å². The van der Waals surface area contributed by atoms with Crippen molar-refractivity contribution in [1.82, 2.24) is 15.0 Å². The van der Waals surface area contributed by atoms with Gasteiger partial charge >= 0.3 is 6.03 Å². The lowest BCUT2D eigenvalue weighted by atomic mass is 9.85. The molecule has 1 fully saturated rings. The van der Waals surface area contributed by atoms with Crippen LogP contribution in [0.5, 0.6) is 0 Å². The maximum absolute atomic E-state index is 12.7. The van der Waals surface area contributed by atoms with Crippen LogP contribution in [0.4, 0.5) is 10.5 Å². The Morgan fingerprint density at radius 3 is 2.96 bits per heavy atom. The second-order valence-corrected chi connectivity index (χ2v) is 6.70. The Morgan fingerprint density at radius 1 is 1.38 bits per heavy atom. The highest BCUT2D eigenvalue weighted by Gasteiger charge is 2.26. The third-order valence-electron chi connectivity index (χ3n) is 4.85. The molecule has 0 saturated heterocycles. The fourth-order valence-corrected chi connectivity index (χ4v) is 3.14. The first-order chi connectivity index (χ1) is 12.6. The molecule has 1 saturated carbocycles. The normalized spacial score (nSPS) is 14.4. The van der Waals surface area contributed by atoms with E-state index in [1.165, 1.54) is 6.42 Å². The average Bonchev–Trinajstić information content (AvgIpc) is 3.17. The fraction of sp³-hybridized carbons (Fsp3) is 0.421. The van der Waals surface area contributed by atoms with E-state index in [-0.39, 0.29) is 6.03 Å². The zero-order valence-electron chi connectivity index (χ0n) is 15.0. The van der Waals surface area contributed by atoms with Gasteiger partial charge in [0.15, 0.2) is 11.4 Å². The molecular weight excluding hydrogens is 332 g/mol. The number of aryl methyl sites for hydroxylation is 1. The SMILES string of the molecule is CCN(Cc1noc(C2CCC2)n1)C(=O)Nc1cccc2cc(C)oc12. The third kappa shape index (κ3) is 3.16. The first kappa shape index (κ1) is 16.6. The fourth-order valence-electron chi connectivity index (χ4n) is 3.14. The second kappa shape index (κ2) is 6.82. The van der Waals surface area contributed by atoms with Crippen LogP contribution in [0.25, 0.3) is 11.0 Å². The predicted octanol–water partition coefficient (Wildman–Crippen LogP) is 4.45. The van der Waals surface area contributed by atoms with Gasteiger partial charge in [0.2, 0.25) is 5.89 Å². The number of hydrogen-bond acceptors (Lipinski definition) is 5. The van der Waals surface area contributed by atoms with E-state index in [2.05, 4.69) is 15.5 Å². The summed E-state index contributed by atoms with van der Waals surface area (Å²) in [7, 11) is 0. The zero-order chi connectivity index (χ0) is 18.1. The quantitative estimate of drug-likeness (QED) is 0.732. The smallest absolute Gasteiger partial charge is 0.322 e. The predicted molar refractivity (Wildman–Crippen MR) is 96.9 cm³/mol. The van der Waals surface area contributed by atoms with Crippen LogP contribution >= 0.6 is 0 Å². The molecule has 1 aromatic carbocycles. The van der Waals surface area contributed by atoms with Crippen molar-refractivity contribution < 1.29 is 13.7 Å². The van der Waals surface area contributed by atoms with Crippen LogP contribution in [0.3, 0.4) is 0 Å². The van der Waals surface area contributed by atoms with E-state index in [4.69, 9.17) is 8.94 Å². The van der Waals surface area contributed by atoms with E-state index in [1.54, 1.807) is 4.90 Å². The number of para-hydroxylation sites is 1. The molecule has 7 nitrogen and oxygen atoms in total.